The average molecular weight is 414 g/mol. The molecule has 0 spiro atoms. The normalized spacial score (nSPS) is 16.6. The van der Waals surface area contributed by atoms with Gasteiger partial charge in [0, 0.05) is 6.54 Å². The minimum Gasteiger partial charge on any atom is -0.493 e. The van der Waals surface area contributed by atoms with Crippen molar-refractivity contribution >= 4 is 22.9 Å². The number of hydrogen-bond acceptors (Lipinski definition) is 5. The SMILES string of the molecule is COc1cc(C[C@H]2SC(=O)N(CC(C)C)C2=O)ccc1OCc1ccc(C)cc1. The lowest BCUT2D eigenvalue weighted by Crippen LogP contribution is -2.35. The van der Waals surface area contributed by atoms with Gasteiger partial charge < -0.3 is 9.47 Å². The summed E-state index contributed by atoms with van der Waals surface area (Å²) in [6.07, 6.45) is 0.485. The monoisotopic (exact) mass is 413 g/mol. The van der Waals surface area contributed by atoms with Crippen molar-refractivity contribution in [1.29, 1.82) is 0 Å². The molecule has 154 valence electrons. The summed E-state index contributed by atoms with van der Waals surface area (Å²) < 4.78 is 11.4. The number of carbonyl (C=O) groups is 2. The molecular weight excluding hydrogens is 386 g/mol. The highest BCUT2D eigenvalue weighted by Crippen LogP contribution is 2.33. The van der Waals surface area contributed by atoms with Gasteiger partial charge >= 0.3 is 0 Å². The molecular formula is C23H27NO4S. The quantitative estimate of drug-likeness (QED) is 0.619. The molecule has 3 rings (SSSR count). The molecule has 0 saturated carbocycles. The van der Waals surface area contributed by atoms with Gasteiger partial charge in [0.2, 0.25) is 5.91 Å². The number of aryl methyl sites for hydroxylation is 1. The van der Waals surface area contributed by atoms with Crippen LogP contribution in [-0.4, -0.2) is 35.0 Å². The van der Waals surface area contributed by atoms with Gasteiger partial charge in [-0.3, -0.25) is 14.5 Å². The van der Waals surface area contributed by atoms with Gasteiger partial charge in [0.25, 0.3) is 5.24 Å². The lowest BCUT2D eigenvalue weighted by Gasteiger charge is -2.16. The zero-order valence-corrected chi connectivity index (χ0v) is 18.1. The molecule has 2 amide bonds. The van der Waals surface area contributed by atoms with Crippen LogP contribution >= 0.6 is 11.8 Å². The lowest BCUT2D eigenvalue weighted by atomic mass is 10.1. The zero-order valence-electron chi connectivity index (χ0n) is 17.3. The van der Waals surface area contributed by atoms with Crippen molar-refractivity contribution in [2.24, 2.45) is 5.92 Å². The summed E-state index contributed by atoms with van der Waals surface area (Å²) in [6.45, 7) is 6.97. The highest BCUT2D eigenvalue weighted by atomic mass is 32.2. The van der Waals surface area contributed by atoms with E-state index < -0.39 is 0 Å². The second kappa shape index (κ2) is 9.35. The molecule has 1 aliphatic heterocycles. The first kappa shape index (κ1) is 21.2. The molecule has 1 atom stereocenters. The third-order valence-electron chi connectivity index (χ3n) is 4.72. The van der Waals surface area contributed by atoms with Crippen LogP contribution in [0.25, 0.3) is 0 Å². The Morgan fingerprint density at radius 1 is 1.03 bits per heavy atom. The maximum Gasteiger partial charge on any atom is 0.289 e. The summed E-state index contributed by atoms with van der Waals surface area (Å²) in [5, 5.41) is -0.538. The van der Waals surface area contributed by atoms with E-state index in [2.05, 4.69) is 19.1 Å². The minimum absolute atomic E-state index is 0.104. The van der Waals surface area contributed by atoms with Crippen molar-refractivity contribution in [3.05, 3.63) is 59.2 Å². The van der Waals surface area contributed by atoms with Crippen LogP contribution in [0.15, 0.2) is 42.5 Å². The summed E-state index contributed by atoms with van der Waals surface area (Å²) in [4.78, 5) is 26.1. The van der Waals surface area contributed by atoms with E-state index in [9.17, 15) is 9.59 Å². The fourth-order valence-corrected chi connectivity index (χ4v) is 4.21. The Kier molecular flexibility index (Phi) is 6.85. The molecule has 1 heterocycles. The van der Waals surface area contributed by atoms with E-state index in [1.165, 1.54) is 10.5 Å². The van der Waals surface area contributed by atoms with Crippen LogP contribution in [0.4, 0.5) is 4.79 Å². The summed E-state index contributed by atoms with van der Waals surface area (Å²) >= 11 is 1.11. The Balaban J connectivity index is 1.66. The number of methoxy groups -OCH3 is 1. The summed E-state index contributed by atoms with van der Waals surface area (Å²) in [6, 6.07) is 13.9. The van der Waals surface area contributed by atoms with E-state index in [1.54, 1.807) is 7.11 Å². The van der Waals surface area contributed by atoms with Gasteiger partial charge in [-0.05, 0) is 42.5 Å². The Bertz CT molecular complexity index is 879. The molecule has 0 aromatic heterocycles. The number of amides is 2. The molecule has 6 heteroatoms. The number of ether oxygens (including phenoxy) is 2. The van der Waals surface area contributed by atoms with Gasteiger partial charge in [0.05, 0.1) is 12.4 Å². The number of carbonyl (C=O) groups excluding carboxylic acids is 2. The molecule has 29 heavy (non-hydrogen) atoms. The molecule has 0 N–H and O–H groups in total. The van der Waals surface area contributed by atoms with Crippen LogP contribution in [0.1, 0.15) is 30.5 Å². The lowest BCUT2D eigenvalue weighted by molar-refractivity contribution is -0.127. The number of thioether (sulfide) groups is 1. The van der Waals surface area contributed by atoms with Gasteiger partial charge in [-0.25, -0.2) is 0 Å². The minimum atomic E-state index is -0.384. The molecule has 0 unspecified atom stereocenters. The molecule has 0 aliphatic carbocycles. The van der Waals surface area contributed by atoms with Crippen molar-refractivity contribution in [3.63, 3.8) is 0 Å². The summed E-state index contributed by atoms with van der Waals surface area (Å²) in [5.74, 6) is 1.43. The van der Waals surface area contributed by atoms with Gasteiger partial charge in [-0.2, -0.15) is 0 Å². The molecule has 0 radical (unpaired) electrons. The second-order valence-corrected chi connectivity index (χ2v) is 8.83. The van der Waals surface area contributed by atoms with Crippen LogP contribution in [0, 0.1) is 12.8 Å². The van der Waals surface area contributed by atoms with Crippen LogP contribution < -0.4 is 9.47 Å². The van der Waals surface area contributed by atoms with E-state index in [-0.39, 0.29) is 22.3 Å². The number of benzene rings is 2. The smallest absolute Gasteiger partial charge is 0.289 e. The average Bonchev–Trinajstić information content (AvgIpc) is 2.95. The number of nitrogens with zero attached hydrogens (tertiary/aromatic N) is 1. The van der Waals surface area contributed by atoms with Crippen molar-refractivity contribution in [1.82, 2.24) is 4.90 Å². The van der Waals surface area contributed by atoms with Crippen LogP contribution in [0.2, 0.25) is 0 Å². The Morgan fingerprint density at radius 3 is 2.38 bits per heavy atom. The van der Waals surface area contributed by atoms with Crippen LogP contribution in [0.3, 0.4) is 0 Å². The third-order valence-corrected chi connectivity index (χ3v) is 5.79. The molecule has 2 aromatic carbocycles. The predicted octanol–water partition coefficient (Wildman–Crippen LogP) is 4.85. The zero-order chi connectivity index (χ0) is 21.0. The first-order valence-corrected chi connectivity index (χ1v) is 10.6. The van der Waals surface area contributed by atoms with Crippen molar-refractivity contribution in [3.8, 4) is 11.5 Å². The maximum atomic E-state index is 12.6. The fraction of sp³-hybridized carbons (Fsp3) is 0.391. The van der Waals surface area contributed by atoms with E-state index >= 15 is 0 Å². The molecule has 1 saturated heterocycles. The first-order valence-electron chi connectivity index (χ1n) is 9.74. The highest BCUT2D eigenvalue weighted by molar-refractivity contribution is 8.15. The number of rotatable bonds is 8. The second-order valence-electron chi connectivity index (χ2n) is 7.68. The fourth-order valence-electron chi connectivity index (χ4n) is 3.18. The van der Waals surface area contributed by atoms with Gasteiger partial charge in [-0.15, -0.1) is 0 Å². The largest absolute Gasteiger partial charge is 0.493 e. The standard InChI is InChI=1S/C23H27NO4S/c1-15(2)13-24-22(25)21(29-23(24)26)12-18-9-10-19(20(11-18)27-4)28-14-17-7-5-16(3)6-8-17/h5-11,15,21H,12-14H2,1-4H3/t21-/m1/s1. The Morgan fingerprint density at radius 2 is 1.72 bits per heavy atom. The van der Waals surface area contributed by atoms with Crippen molar-refractivity contribution in [2.45, 2.75) is 39.0 Å². The summed E-state index contributed by atoms with van der Waals surface area (Å²) in [7, 11) is 1.60. The van der Waals surface area contributed by atoms with E-state index in [1.807, 2.05) is 44.2 Å². The van der Waals surface area contributed by atoms with Crippen LogP contribution in [0.5, 0.6) is 11.5 Å². The molecule has 0 bridgehead atoms. The molecule has 2 aromatic rings. The third kappa shape index (κ3) is 5.32. The number of imide groups is 1. The van der Waals surface area contributed by atoms with Gasteiger partial charge in [0.15, 0.2) is 11.5 Å². The molecule has 5 nitrogen and oxygen atoms in total. The maximum absolute atomic E-state index is 12.6. The highest BCUT2D eigenvalue weighted by Gasteiger charge is 2.39. The van der Waals surface area contributed by atoms with E-state index in [0.717, 1.165) is 22.9 Å². The van der Waals surface area contributed by atoms with Gasteiger partial charge in [-0.1, -0.05) is 61.5 Å². The predicted molar refractivity (Wildman–Crippen MR) is 116 cm³/mol. The van der Waals surface area contributed by atoms with Crippen molar-refractivity contribution < 1.29 is 19.1 Å². The number of hydrogen-bond donors (Lipinski definition) is 0. The van der Waals surface area contributed by atoms with Crippen molar-refractivity contribution in [2.75, 3.05) is 13.7 Å². The van der Waals surface area contributed by atoms with Gasteiger partial charge in [0.1, 0.15) is 6.61 Å². The van der Waals surface area contributed by atoms with Crippen LogP contribution in [-0.2, 0) is 17.8 Å². The molecule has 1 aliphatic rings. The molecule has 1 fully saturated rings. The van der Waals surface area contributed by atoms with E-state index in [0.29, 0.717) is 31.1 Å². The van der Waals surface area contributed by atoms with E-state index in [4.69, 9.17) is 9.47 Å². The topological polar surface area (TPSA) is 55.8 Å². The Labute approximate surface area is 176 Å². The first-order chi connectivity index (χ1) is 13.9. The summed E-state index contributed by atoms with van der Waals surface area (Å²) in [5.41, 5.74) is 3.23. The Hall–Kier alpha value is -2.47.